The van der Waals surface area contributed by atoms with Gasteiger partial charge in [0.1, 0.15) is 5.75 Å². The molecule has 0 radical (unpaired) electrons. The molecule has 0 spiro atoms. The molecule has 0 unspecified atom stereocenters. The number of aromatic nitrogens is 1. The number of nitrogens with zero attached hydrogens (tertiary/aromatic N) is 1. The predicted molar refractivity (Wildman–Crippen MR) is 66.2 cm³/mol. The number of phenolic OH excluding ortho intramolecular Hbond substituents is 1. The molecule has 88 valence electrons. The molecular weight excluding hydrogens is 214 g/mol. The van der Waals surface area contributed by atoms with Gasteiger partial charge in [0.2, 0.25) is 0 Å². The van der Waals surface area contributed by atoms with Gasteiger partial charge >= 0.3 is 0 Å². The van der Waals surface area contributed by atoms with Gasteiger partial charge in [0, 0.05) is 36.3 Å². The molecule has 0 saturated carbocycles. The van der Waals surface area contributed by atoms with Gasteiger partial charge in [-0.15, -0.1) is 0 Å². The van der Waals surface area contributed by atoms with Crippen LogP contribution < -0.4 is 0 Å². The monoisotopic (exact) mass is 229 g/mol. The first-order chi connectivity index (χ1) is 8.33. The number of fused-ring (bicyclic) bond motifs is 1. The zero-order chi connectivity index (χ0) is 11.7. The van der Waals surface area contributed by atoms with E-state index in [0.717, 1.165) is 42.7 Å². The Balaban J connectivity index is 1.99. The number of benzene rings is 1. The van der Waals surface area contributed by atoms with Crippen LogP contribution in [0.25, 0.3) is 10.9 Å². The highest BCUT2D eigenvalue weighted by Gasteiger charge is 2.17. The van der Waals surface area contributed by atoms with Crippen LogP contribution in [0.5, 0.6) is 5.75 Å². The minimum atomic E-state index is 0.272. The average molecular weight is 229 g/mol. The lowest BCUT2D eigenvalue weighted by Crippen LogP contribution is -2.15. The number of phenols is 1. The lowest BCUT2D eigenvalue weighted by atomic mass is 9.95. The van der Waals surface area contributed by atoms with Crippen molar-refractivity contribution < 1.29 is 9.84 Å². The number of aromatic hydroxyl groups is 1. The average Bonchev–Trinajstić information content (AvgIpc) is 2.39. The largest absolute Gasteiger partial charge is 0.508 e. The Kier molecular flexibility index (Phi) is 2.69. The second-order valence-electron chi connectivity index (χ2n) is 4.50. The highest BCUT2D eigenvalue weighted by Crippen LogP contribution is 2.27. The SMILES string of the molecule is Oc1ccc2ccc(C3CCOCC3)nc2c1. The molecule has 0 atom stereocenters. The Labute approximate surface area is 100 Å². The van der Waals surface area contributed by atoms with Crippen molar-refractivity contribution in [1.29, 1.82) is 0 Å². The summed E-state index contributed by atoms with van der Waals surface area (Å²) in [5, 5.41) is 10.5. The molecule has 2 heterocycles. The van der Waals surface area contributed by atoms with Gasteiger partial charge in [-0.25, -0.2) is 0 Å². The van der Waals surface area contributed by atoms with Crippen LogP contribution >= 0.6 is 0 Å². The number of ether oxygens (including phenoxy) is 1. The highest BCUT2D eigenvalue weighted by atomic mass is 16.5. The van der Waals surface area contributed by atoms with Gasteiger partial charge in [0.25, 0.3) is 0 Å². The van der Waals surface area contributed by atoms with Crippen LogP contribution in [-0.4, -0.2) is 23.3 Å². The quantitative estimate of drug-likeness (QED) is 0.817. The lowest BCUT2D eigenvalue weighted by Gasteiger charge is -2.21. The number of hydrogen-bond acceptors (Lipinski definition) is 3. The standard InChI is InChI=1S/C14H15NO2/c16-12-3-1-10-2-4-13(15-14(10)9-12)11-5-7-17-8-6-11/h1-4,9,11,16H,5-8H2. The minimum absolute atomic E-state index is 0.272. The van der Waals surface area contributed by atoms with Crippen molar-refractivity contribution in [2.75, 3.05) is 13.2 Å². The van der Waals surface area contributed by atoms with E-state index in [4.69, 9.17) is 4.74 Å². The molecule has 3 rings (SSSR count). The Hall–Kier alpha value is -1.61. The Bertz CT molecular complexity index is 533. The molecule has 1 aromatic heterocycles. The van der Waals surface area contributed by atoms with Crippen molar-refractivity contribution in [3.05, 3.63) is 36.0 Å². The maximum atomic E-state index is 9.47. The van der Waals surface area contributed by atoms with Gasteiger partial charge in [-0.1, -0.05) is 6.07 Å². The van der Waals surface area contributed by atoms with Crippen molar-refractivity contribution in [1.82, 2.24) is 4.98 Å². The summed E-state index contributed by atoms with van der Waals surface area (Å²) in [4.78, 5) is 4.64. The summed E-state index contributed by atoms with van der Waals surface area (Å²) in [6.45, 7) is 1.65. The van der Waals surface area contributed by atoms with E-state index in [0.29, 0.717) is 5.92 Å². The fraction of sp³-hybridized carbons (Fsp3) is 0.357. The molecule has 3 nitrogen and oxygen atoms in total. The molecule has 1 N–H and O–H groups in total. The molecule has 0 bridgehead atoms. The summed E-state index contributed by atoms with van der Waals surface area (Å²) >= 11 is 0. The number of hydrogen-bond donors (Lipinski definition) is 1. The summed E-state index contributed by atoms with van der Waals surface area (Å²) in [5.41, 5.74) is 1.99. The van der Waals surface area contributed by atoms with Gasteiger partial charge in [0.05, 0.1) is 5.52 Å². The van der Waals surface area contributed by atoms with E-state index in [-0.39, 0.29) is 5.75 Å². The van der Waals surface area contributed by atoms with E-state index in [2.05, 4.69) is 17.1 Å². The zero-order valence-corrected chi connectivity index (χ0v) is 9.60. The molecule has 0 amide bonds. The van der Waals surface area contributed by atoms with E-state index in [1.54, 1.807) is 12.1 Å². The van der Waals surface area contributed by atoms with Crippen molar-refractivity contribution in [3.8, 4) is 5.75 Å². The second-order valence-corrected chi connectivity index (χ2v) is 4.50. The maximum Gasteiger partial charge on any atom is 0.117 e. The van der Waals surface area contributed by atoms with Crippen LogP contribution in [0.15, 0.2) is 30.3 Å². The molecule has 2 aromatic rings. The smallest absolute Gasteiger partial charge is 0.117 e. The molecule has 1 fully saturated rings. The fourth-order valence-corrected chi connectivity index (χ4v) is 2.34. The fourth-order valence-electron chi connectivity index (χ4n) is 2.34. The van der Waals surface area contributed by atoms with Gasteiger partial charge in [0.15, 0.2) is 0 Å². The first-order valence-corrected chi connectivity index (χ1v) is 6.00. The van der Waals surface area contributed by atoms with Crippen LogP contribution in [0.3, 0.4) is 0 Å². The third kappa shape index (κ3) is 2.11. The van der Waals surface area contributed by atoms with E-state index >= 15 is 0 Å². The van der Waals surface area contributed by atoms with E-state index in [9.17, 15) is 5.11 Å². The molecule has 1 aliphatic heterocycles. The topological polar surface area (TPSA) is 42.4 Å². The summed E-state index contributed by atoms with van der Waals surface area (Å²) in [5.74, 6) is 0.768. The van der Waals surface area contributed by atoms with Crippen molar-refractivity contribution in [2.45, 2.75) is 18.8 Å². The van der Waals surface area contributed by atoms with Crippen LogP contribution in [0.4, 0.5) is 0 Å². The summed E-state index contributed by atoms with van der Waals surface area (Å²) in [6.07, 6.45) is 2.08. The van der Waals surface area contributed by atoms with Gasteiger partial charge in [-0.3, -0.25) is 4.98 Å². The van der Waals surface area contributed by atoms with Gasteiger partial charge in [-0.2, -0.15) is 0 Å². The Morgan fingerprint density at radius 3 is 2.71 bits per heavy atom. The van der Waals surface area contributed by atoms with Crippen molar-refractivity contribution in [2.24, 2.45) is 0 Å². The molecular formula is C14H15NO2. The third-order valence-corrected chi connectivity index (χ3v) is 3.34. The second kappa shape index (κ2) is 4.34. The molecule has 1 aliphatic rings. The molecule has 0 aliphatic carbocycles. The molecule has 17 heavy (non-hydrogen) atoms. The maximum absolute atomic E-state index is 9.47. The van der Waals surface area contributed by atoms with Crippen LogP contribution in [-0.2, 0) is 4.74 Å². The molecule has 1 saturated heterocycles. The Morgan fingerprint density at radius 2 is 1.88 bits per heavy atom. The van der Waals surface area contributed by atoms with Crippen molar-refractivity contribution in [3.63, 3.8) is 0 Å². The van der Waals surface area contributed by atoms with Crippen LogP contribution in [0, 0.1) is 0 Å². The summed E-state index contributed by atoms with van der Waals surface area (Å²) in [6, 6.07) is 9.48. The third-order valence-electron chi connectivity index (χ3n) is 3.34. The van der Waals surface area contributed by atoms with E-state index < -0.39 is 0 Å². The number of pyridine rings is 1. The first kappa shape index (κ1) is 10.5. The lowest BCUT2D eigenvalue weighted by molar-refractivity contribution is 0.0846. The summed E-state index contributed by atoms with van der Waals surface area (Å²) in [7, 11) is 0. The molecule has 1 aromatic carbocycles. The van der Waals surface area contributed by atoms with Gasteiger partial charge < -0.3 is 9.84 Å². The summed E-state index contributed by atoms with van der Waals surface area (Å²) < 4.78 is 5.36. The van der Waals surface area contributed by atoms with E-state index in [1.165, 1.54) is 0 Å². The number of rotatable bonds is 1. The Morgan fingerprint density at radius 1 is 1.12 bits per heavy atom. The van der Waals surface area contributed by atoms with Crippen LogP contribution in [0.2, 0.25) is 0 Å². The zero-order valence-electron chi connectivity index (χ0n) is 9.60. The van der Waals surface area contributed by atoms with E-state index in [1.807, 2.05) is 6.07 Å². The molecule has 3 heteroatoms. The van der Waals surface area contributed by atoms with Crippen molar-refractivity contribution >= 4 is 10.9 Å². The highest BCUT2D eigenvalue weighted by molar-refractivity contribution is 5.80. The van der Waals surface area contributed by atoms with Gasteiger partial charge in [-0.05, 0) is 31.0 Å². The predicted octanol–water partition coefficient (Wildman–Crippen LogP) is 2.83. The normalized spacial score (nSPS) is 17.4. The minimum Gasteiger partial charge on any atom is -0.508 e. The van der Waals surface area contributed by atoms with Crippen LogP contribution in [0.1, 0.15) is 24.5 Å². The first-order valence-electron chi connectivity index (χ1n) is 6.00.